The van der Waals surface area contributed by atoms with Crippen LogP contribution in [0.25, 0.3) is 0 Å². The Labute approximate surface area is 91.2 Å². The van der Waals surface area contributed by atoms with Crippen LogP contribution in [-0.2, 0) is 4.79 Å². The lowest BCUT2D eigenvalue weighted by molar-refractivity contribution is -0.110. The zero-order valence-electron chi connectivity index (χ0n) is 9.61. The predicted molar refractivity (Wildman–Crippen MR) is 58.7 cm³/mol. The maximum Gasteiger partial charge on any atom is 0.320 e. The van der Waals surface area contributed by atoms with E-state index in [0.717, 1.165) is 32.1 Å². The summed E-state index contributed by atoms with van der Waals surface area (Å²) in [6.07, 6.45) is 4.20. The van der Waals surface area contributed by atoms with Crippen LogP contribution in [0, 0.1) is 0 Å². The highest BCUT2D eigenvalue weighted by atomic mass is 16.2. The van der Waals surface area contributed by atoms with Gasteiger partial charge in [-0.25, -0.2) is 4.79 Å². The Hall–Kier alpha value is -1.06. The molecule has 0 N–H and O–H groups in total. The summed E-state index contributed by atoms with van der Waals surface area (Å²) in [5, 5.41) is 0. The molecule has 0 aromatic rings. The van der Waals surface area contributed by atoms with Gasteiger partial charge in [-0.1, -0.05) is 19.8 Å². The number of rotatable bonds is 6. The molecule has 0 saturated carbocycles. The van der Waals surface area contributed by atoms with Crippen molar-refractivity contribution in [3.05, 3.63) is 0 Å². The van der Waals surface area contributed by atoms with Crippen LogP contribution in [0.3, 0.4) is 0 Å². The van der Waals surface area contributed by atoms with E-state index in [4.69, 9.17) is 0 Å². The molecule has 1 heterocycles. The second-order valence-electron chi connectivity index (χ2n) is 3.93. The number of amides is 2. The topological polar surface area (TPSA) is 40.6 Å². The van der Waals surface area contributed by atoms with Crippen LogP contribution in [0.15, 0.2) is 0 Å². The molecule has 15 heavy (non-hydrogen) atoms. The minimum Gasteiger partial charge on any atom is -0.322 e. The molecule has 1 atom stereocenters. The summed E-state index contributed by atoms with van der Waals surface area (Å²) < 4.78 is 0. The summed E-state index contributed by atoms with van der Waals surface area (Å²) in [5.41, 5.74) is 0. The van der Waals surface area contributed by atoms with Crippen LogP contribution in [0.5, 0.6) is 0 Å². The van der Waals surface area contributed by atoms with Gasteiger partial charge in [0.25, 0.3) is 0 Å². The summed E-state index contributed by atoms with van der Waals surface area (Å²) in [4.78, 5) is 26.0. The SMILES string of the molecule is CCCCCN1CC(C=O)N(CC)C1=O. The highest BCUT2D eigenvalue weighted by molar-refractivity contribution is 5.82. The number of nitrogens with zero attached hydrogens (tertiary/aromatic N) is 2. The van der Waals surface area contributed by atoms with Gasteiger partial charge >= 0.3 is 6.03 Å². The lowest BCUT2D eigenvalue weighted by Crippen LogP contribution is -2.35. The molecule has 4 nitrogen and oxygen atoms in total. The molecule has 4 heteroatoms. The van der Waals surface area contributed by atoms with Gasteiger partial charge in [0.1, 0.15) is 12.3 Å². The number of urea groups is 1. The average molecular weight is 212 g/mol. The average Bonchev–Trinajstić information content (AvgIpc) is 2.55. The van der Waals surface area contributed by atoms with E-state index in [9.17, 15) is 9.59 Å². The predicted octanol–water partition coefficient (Wildman–Crippen LogP) is 1.50. The largest absolute Gasteiger partial charge is 0.322 e. The Morgan fingerprint density at radius 2 is 2.13 bits per heavy atom. The van der Waals surface area contributed by atoms with Gasteiger partial charge in [-0.05, 0) is 13.3 Å². The normalized spacial score (nSPS) is 21.2. The molecule has 0 aliphatic carbocycles. The lowest BCUT2D eigenvalue weighted by Gasteiger charge is -2.17. The fraction of sp³-hybridized carbons (Fsp3) is 0.818. The maximum atomic E-state index is 11.8. The van der Waals surface area contributed by atoms with Crippen LogP contribution in [0.1, 0.15) is 33.1 Å². The van der Waals surface area contributed by atoms with E-state index in [0.29, 0.717) is 13.1 Å². The zero-order chi connectivity index (χ0) is 11.3. The third-order valence-corrected chi connectivity index (χ3v) is 2.85. The summed E-state index contributed by atoms with van der Waals surface area (Å²) in [6, 6.07) is -0.213. The maximum absolute atomic E-state index is 11.8. The zero-order valence-corrected chi connectivity index (χ0v) is 9.61. The highest BCUT2D eigenvalue weighted by Crippen LogP contribution is 2.15. The van der Waals surface area contributed by atoms with Crippen LogP contribution in [0.2, 0.25) is 0 Å². The Kier molecular flexibility index (Phi) is 4.59. The van der Waals surface area contributed by atoms with Gasteiger partial charge in [0.15, 0.2) is 0 Å². The number of aldehydes is 1. The third kappa shape index (κ3) is 2.70. The summed E-state index contributed by atoms with van der Waals surface area (Å²) in [7, 11) is 0. The van der Waals surface area contributed by atoms with Crippen LogP contribution >= 0.6 is 0 Å². The van der Waals surface area contributed by atoms with Gasteiger partial charge in [-0.3, -0.25) is 0 Å². The number of hydrogen-bond acceptors (Lipinski definition) is 2. The summed E-state index contributed by atoms with van der Waals surface area (Å²) in [6.45, 7) is 6.02. The molecule has 0 aromatic heterocycles. The number of carbonyl (C=O) groups excluding carboxylic acids is 2. The molecular weight excluding hydrogens is 192 g/mol. The van der Waals surface area contributed by atoms with Crippen molar-refractivity contribution in [1.29, 1.82) is 0 Å². The van der Waals surface area contributed by atoms with E-state index in [1.807, 2.05) is 6.92 Å². The molecule has 0 radical (unpaired) electrons. The van der Waals surface area contributed by atoms with Crippen LogP contribution < -0.4 is 0 Å². The van der Waals surface area contributed by atoms with Crippen molar-refractivity contribution in [2.75, 3.05) is 19.6 Å². The number of unbranched alkanes of at least 4 members (excludes halogenated alkanes) is 2. The molecule has 1 unspecified atom stereocenters. The van der Waals surface area contributed by atoms with Crippen molar-refractivity contribution in [3.63, 3.8) is 0 Å². The van der Waals surface area contributed by atoms with E-state index < -0.39 is 0 Å². The lowest BCUT2D eigenvalue weighted by atomic mass is 10.2. The standard InChI is InChI=1S/C11H20N2O2/c1-3-5-6-7-12-8-10(9-14)13(4-2)11(12)15/h9-10H,3-8H2,1-2H3. The van der Waals surface area contributed by atoms with Crippen molar-refractivity contribution >= 4 is 12.3 Å². The molecule has 0 spiro atoms. The molecule has 1 aliphatic rings. The summed E-state index contributed by atoms with van der Waals surface area (Å²) >= 11 is 0. The van der Waals surface area contributed by atoms with E-state index in [1.54, 1.807) is 9.80 Å². The summed E-state index contributed by atoms with van der Waals surface area (Å²) in [5.74, 6) is 0. The van der Waals surface area contributed by atoms with Gasteiger partial charge < -0.3 is 14.6 Å². The first-order valence-corrected chi connectivity index (χ1v) is 5.75. The minimum absolute atomic E-state index is 0.0192. The molecule has 2 amide bonds. The Balaban J connectivity index is 2.47. The second kappa shape index (κ2) is 5.73. The van der Waals surface area contributed by atoms with E-state index in [-0.39, 0.29) is 12.1 Å². The van der Waals surface area contributed by atoms with E-state index >= 15 is 0 Å². The monoisotopic (exact) mass is 212 g/mol. The van der Waals surface area contributed by atoms with Gasteiger partial charge in [0.05, 0.1) is 0 Å². The van der Waals surface area contributed by atoms with Crippen molar-refractivity contribution in [3.8, 4) is 0 Å². The first kappa shape index (κ1) is 12.0. The number of likely N-dealkylation sites (N-methyl/N-ethyl adjacent to an activating group) is 1. The van der Waals surface area contributed by atoms with Crippen molar-refractivity contribution in [1.82, 2.24) is 9.80 Å². The Morgan fingerprint density at radius 1 is 1.40 bits per heavy atom. The molecule has 1 aliphatic heterocycles. The van der Waals surface area contributed by atoms with E-state index in [1.165, 1.54) is 0 Å². The van der Waals surface area contributed by atoms with E-state index in [2.05, 4.69) is 6.92 Å². The molecule has 0 bridgehead atoms. The first-order valence-electron chi connectivity index (χ1n) is 5.75. The third-order valence-electron chi connectivity index (χ3n) is 2.85. The molecule has 86 valence electrons. The quantitative estimate of drug-likeness (QED) is 0.494. The van der Waals surface area contributed by atoms with Crippen LogP contribution in [-0.4, -0.2) is 47.8 Å². The first-order chi connectivity index (χ1) is 7.24. The molecule has 1 fully saturated rings. The van der Waals surface area contributed by atoms with Gasteiger partial charge in [0, 0.05) is 19.6 Å². The molecular formula is C11H20N2O2. The fourth-order valence-corrected chi connectivity index (χ4v) is 1.95. The highest BCUT2D eigenvalue weighted by Gasteiger charge is 2.35. The van der Waals surface area contributed by atoms with Crippen molar-refractivity contribution in [2.24, 2.45) is 0 Å². The van der Waals surface area contributed by atoms with Gasteiger partial charge in [-0.2, -0.15) is 0 Å². The minimum atomic E-state index is -0.232. The smallest absolute Gasteiger partial charge is 0.320 e. The number of hydrogen-bond donors (Lipinski definition) is 0. The molecule has 0 aromatic carbocycles. The Morgan fingerprint density at radius 3 is 2.60 bits per heavy atom. The Bertz CT molecular complexity index is 231. The van der Waals surface area contributed by atoms with Gasteiger partial charge in [-0.15, -0.1) is 0 Å². The second-order valence-corrected chi connectivity index (χ2v) is 3.93. The number of carbonyl (C=O) groups is 2. The van der Waals surface area contributed by atoms with Crippen molar-refractivity contribution < 1.29 is 9.59 Å². The van der Waals surface area contributed by atoms with Crippen LogP contribution in [0.4, 0.5) is 4.79 Å². The van der Waals surface area contributed by atoms with Gasteiger partial charge in [0.2, 0.25) is 0 Å². The molecule has 1 saturated heterocycles. The molecule has 1 rings (SSSR count). The van der Waals surface area contributed by atoms with Crippen molar-refractivity contribution in [2.45, 2.75) is 39.2 Å². The fourth-order valence-electron chi connectivity index (χ4n) is 1.95.